The molecule has 2 aromatic rings. The number of aromatic nitrogens is 1. The molecule has 1 aliphatic heterocycles. The summed E-state index contributed by atoms with van der Waals surface area (Å²) >= 11 is 1.59. The van der Waals surface area contributed by atoms with Crippen LogP contribution in [0.5, 0.6) is 0 Å². The highest BCUT2D eigenvalue weighted by molar-refractivity contribution is 7.09. The molecule has 0 aliphatic carbocycles. The van der Waals surface area contributed by atoms with Gasteiger partial charge in [0.05, 0.1) is 10.7 Å². The molecule has 120 valence electrons. The summed E-state index contributed by atoms with van der Waals surface area (Å²) < 4.78 is 0. The third kappa shape index (κ3) is 4.42. The number of thiazole rings is 1. The number of hydrogen-bond donors (Lipinski definition) is 1. The number of aryl methyl sites for hydroxylation is 1. The van der Waals surface area contributed by atoms with E-state index in [9.17, 15) is 4.79 Å². The summed E-state index contributed by atoms with van der Waals surface area (Å²) in [6, 6.07) is 10.7. The second kappa shape index (κ2) is 7.42. The van der Waals surface area contributed by atoms with Crippen LogP contribution in [-0.2, 0) is 4.79 Å². The molecule has 1 aliphatic rings. The van der Waals surface area contributed by atoms with Gasteiger partial charge in [0.1, 0.15) is 0 Å². The second-order valence-electron chi connectivity index (χ2n) is 5.73. The largest absolute Gasteiger partial charge is 0.371 e. The lowest BCUT2D eigenvalue weighted by Crippen LogP contribution is -2.44. The predicted molar refractivity (Wildman–Crippen MR) is 95.7 cm³/mol. The van der Waals surface area contributed by atoms with Gasteiger partial charge >= 0.3 is 0 Å². The lowest BCUT2D eigenvalue weighted by atomic mass is 10.0. The first kappa shape index (κ1) is 15.7. The maximum atomic E-state index is 12.0. The van der Waals surface area contributed by atoms with Crippen LogP contribution in [-0.4, -0.2) is 30.0 Å². The average Bonchev–Trinajstić information content (AvgIpc) is 3.00. The minimum atomic E-state index is -0.0335. The van der Waals surface area contributed by atoms with Crippen molar-refractivity contribution in [2.45, 2.75) is 25.8 Å². The quantitative estimate of drug-likeness (QED) is 0.877. The average molecular weight is 327 g/mol. The van der Waals surface area contributed by atoms with Crippen LogP contribution in [0.25, 0.3) is 6.08 Å². The van der Waals surface area contributed by atoms with E-state index in [1.165, 1.54) is 5.69 Å². The van der Waals surface area contributed by atoms with Gasteiger partial charge in [-0.2, -0.15) is 0 Å². The monoisotopic (exact) mass is 327 g/mol. The van der Waals surface area contributed by atoms with Crippen LogP contribution in [0.1, 0.15) is 23.5 Å². The molecule has 1 saturated heterocycles. The van der Waals surface area contributed by atoms with Crippen molar-refractivity contribution >= 4 is 29.0 Å². The van der Waals surface area contributed by atoms with E-state index in [1.54, 1.807) is 23.5 Å². The molecular formula is C18H21N3OS. The lowest BCUT2D eigenvalue weighted by molar-refractivity contribution is -0.117. The van der Waals surface area contributed by atoms with Gasteiger partial charge in [0, 0.05) is 36.3 Å². The fourth-order valence-corrected chi connectivity index (χ4v) is 3.37. The van der Waals surface area contributed by atoms with Gasteiger partial charge in [-0.1, -0.05) is 18.2 Å². The van der Waals surface area contributed by atoms with E-state index in [4.69, 9.17) is 0 Å². The van der Waals surface area contributed by atoms with Crippen molar-refractivity contribution in [1.29, 1.82) is 0 Å². The molecule has 0 spiro atoms. The van der Waals surface area contributed by atoms with E-state index in [2.05, 4.69) is 39.5 Å². The number of rotatable bonds is 4. The Hall–Kier alpha value is -2.14. The summed E-state index contributed by atoms with van der Waals surface area (Å²) in [4.78, 5) is 18.7. The number of amides is 1. The van der Waals surface area contributed by atoms with Gasteiger partial charge in [-0.05, 0) is 38.0 Å². The van der Waals surface area contributed by atoms with Crippen LogP contribution < -0.4 is 10.2 Å². The Morgan fingerprint density at radius 3 is 2.70 bits per heavy atom. The van der Waals surface area contributed by atoms with Crippen molar-refractivity contribution in [2.24, 2.45) is 0 Å². The zero-order valence-corrected chi connectivity index (χ0v) is 14.1. The number of anilines is 1. The summed E-state index contributed by atoms with van der Waals surface area (Å²) in [7, 11) is 0. The van der Waals surface area contributed by atoms with Gasteiger partial charge in [0.25, 0.3) is 0 Å². The highest BCUT2D eigenvalue weighted by Crippen LogP contribution is 2.19. The van der Waals surface area contributed by atoms with Crippen molar-refractivity contribution in [1.82, 2.24) is 10.3 Å². The van der Waals surface area contributed by atoms with Crippen LogP contribution in [0.2, 0.25) is 0 Å². The van der Waals surface area contributed by atoms with Gasteiger partial charge < -0.3 is 10.2 Å². The molecule has 4 nitrogen and oxygen atoms in total. The van der Waals surface area contributed by atoms with Crippen molar-refractivity contribution in [3.8, 4) is 0 Å². The number of piperidine rings is 1. The van der Waals surface area contributed by atoms with Crippen LogP contribution in [0.15, 0.2) is 41.8 Å². The summed E-state index contributed by atoms with van der Waals surface area (Å²) in [5, 5.41) is 6.06. The standard InChI is InChI=1S/C18H21N3OS/c1-14-19-16(13-23-14)7-8-18(22)20-15-9-11-21(12-10-15)17-5-3-2-4-6-17/h2-8,13,15H,9-12H2,1H3,(H,20,22)/b8-7+. The van der Waals surface area contributed by atoms with Crippen molar-refractivity contribution in [3.63, 3.8) is 0 Å². The molecule has 1 aromatic heterocycles. The smallest absolute Gasteiger partial charge is 0.244 e. The molecule has 23 heavy (non-hydrogen) atoms. The molecule has 0 radical (unpaired) electrons. The topological polar surface area (TPSA) is 45.2 Å². The molecule has 0 bridgehead atoms. The van der Waals surface area contributed by atoms with Crippen LogP contribution in [0, 0.1) is 6.92 Å². The van der Waals surface area contributed by atoms with Gasteiger partial charge in [0.2, 0.25) is 5.91 Å². The van der Waals surface area contributed by atoms with E-state index in [0.717, 1.165) is 36.6 Å². The minimum Gasteiger partial charge on any atom is -0.371 e. The molecule has 0 saturated carbocycles. The Morgan fingerprint density at radius 1 is 1.30 bits per heavy atom. The lowest BCUT2D eigenvalue weighted by Gasteiger charge is -2.33. The number of nitrogens with one attached hydrogen (secondary N) is 1. The fourth-order valence-electron chi connectivity index (χ4n) is 2.79. The Morgan fingerprint density at radius 2 is 2.04 bits per heavy atom. The summed E-state index contributed by atoms with van der Waals surface area (Å²) in [5.74, 6) is -0.0335. The zero-order chi connectivity index (χ0) is 16.1. The minimum absolute atomic E-state index is 0.0335. The van der Waals surface area contributed by atoms with Crippen LogP contribution >= 0.6 is 11.3 Å². The Labute approximate surface area is 140 Å². The number of hydrogen-bond acceptors (Lipinski definition) is 4. The molecule has 0 atom stereocenters. The summed E-state index contributed by atoms with van der Waals surface area (Å²) in [6.45, 7) is 3.91. The van der Waals surface area contributed by atoms with Crippen LogP contribution in [0.3, 0.4) is 0 Å². The molecular weight excluding hydrogens is 306 g/mol. The van der Waals surface area contributed by atoms with E-state index in [-0.39, 0.29) is 11.9 Å². The van der Waals surface area contributed by atoms with Gasteiger partial charge in [0.15, 0.2) is 0 Å². The molecule has 1 amide bonds. The second-order valence-corrected chi connectivity index (χ2v) is 6.79. The maximum absolute atomic E-state index is 12.0. The maximum Gasteiger partial charge on any atom is 0.244 e. The number of nitrogens with zero attached hydrogens (tertiary/aromatic N) is 2. The summed E-state index contributed by atoms with van der Waals surface area (Å²) in [5.41, 5.74) is 2.11. The number of benzene rings is 1. The molecule has 1 N–H and O–H groups in total. The highest BCUT2D eigenvalue weighted by atomic mass is 32.1. The third-order valence-corrected chi connectivity index (χ3v) is 4.80. The summed E-state index contributed by atoms with van der Waals surface area (Å²) in [6.07, 6.45) is 5.31. The van der Waals surface area contributed by atoms with Crippen LogP contribution in [0.4, 0.5) is 5.69 Å². The molecule has 3 rings (SSSR count). The van der Waals surface area contributed by atoms with E-state index in [0.29, 0.717) is 0 Å². The first-order valence-corrected chi connectivity index (χ1v) is 8.79. The molecule has 1 aromatic carbocycles. The fraction of sp³-hybridized carbons (Fsp3) is 0.333. The highest BCUT2D eigenvalue weighted by Gasteiger charge is 2.20. The van der Waals surface area contributed by atoms with Crippen molar-refractivity contribution in [2.75, 3.05) is 18.0 Å². The first-order valence-electron chi connectivity index (χ1n) is 7.91. The van der Waals surface area contributed by atoms with E-state index in [1.807, 2.05) is 18.4 Å². The SMILES string of the molecule is Cc1nc(/C=C/C(=O)NC2CCN(c3ccccc3)CC2)cs1. The normalized spacial score (nSPS) is 16.0. The van der Waals surface area contributed by atoms with Crippen molar-refractivity contribution in [3.05, 3.63) is 52.5 Å². The molecule has 2 heterocycles. The van der Waals surface area contributed by atoms with Crippen molar-refractivity contribution < 1.29 is 4.79 Å². The number of para-hydroxylation sites is 1. The molecule has 0 unspecified atom stereocenters. The molecule has 5 heteroatoms. The Bertz CT molecular complexity index is 673. The Balaban J connectivity index is 1.47. The van der Waals surface area contributed by atoms with Gasteiger partial charge in [-0.15, -0.1) is 11.3 Å². The van der Waals surface area contributed by atoms with Gasteiger partial charge in [-0.3, -0.25) is 4.79 Å². The predicted octanol–water partition coefficient (Wildman–Crippen LogP) is 3.25. The number of carbonyl (C=O) groups is 1. The number of carbonyl (C=O) groups excluding carboxylic acids is 1. The van der Waals surface area contributed by atoms with E-state index >= 15 is 0 Å². The Kier molecular flexibility index (Phi) is 5.08. The van der Waals surface area contributed by atoms with E-state index < -0.39 is 0 Å². The molecule has 1 fully saturated rings. The zero-order valence-electron chi connectivity index (χ0n) is 13.2. The van der Waals surface area contributed by atoms with Gasteiger partial charge in [-0.25, -0.2) is 4.98 Å². The third-order valence-electron chi connectivity index (χ3n) is 4.00. The first-order chi connectivity index (χ1) is 11.2.